The molecule has 130 valence electrons. The Hall–Kier alpha value is -2.06. The Balaban J connectivity index is 1.97. The van der Waals surface area contributed by atoms with E-state index in [2.05, 4.69) is 13.5 Å². The van der Waals surface area contributed by atoms with Crippen LogP contribution in [-0.4, -0.2) is 11.9 Å². The average Bonchev–Trinajstić information content (AvgIpc) is 2.64. The molecule has 0 N–H and O–H groups in total. The van der Waals surface area contributed by atoms with Gasteiger partial charge in [0.1, 0.15) is 0 Å². The first kappa shape index (κ1) is 17.8. The van der Waals surface area contributed by atoms with Gasteiger partial charge < -0.3 is 4.90 Å². The van der Waals surface area contributed by atoms with Crippen LogP contribution in [0, 0.1) is 0 Å². The predicted molar refractivity (Wildman–Crippen MR) is 106 cm³/mol. The van der Waals surface area contributed by atoms with Crippen molar-refractivity contribution in [1.82, 2.24) is 0 Å². The molecule has 1 aliphatic heterocycles. The minimum absolute atomic E-state index is 0.000400. The standard InChI is InChI=1S/C22H24ClNO/c1-3-4-5-6-11-21-16(2)19-9-7-8-10-20(19)22(25)24(21)18-14-12-17(23)13-15-18/h7-10,12-15,21H,2-6,11H2,1H3. The van der Waals surface area contributed by atoms with Gasteiger partial charge >= 0.3 is 0 Å². The lowest BCUT2D eigenvalue weighted by molar-refractivity contribution is 0.0976. The van der Waals surface area contributed by atoms with Gasteiger partial charge in [-0.1, -0.05) is 69.0 Å². The summed E-state index contributed by atoms with van der Waals surface area (Å²) in [5.41, 5.74) is 3.62. The van der Waals surface area contributed by atoms with E-state index in [1.54, 1.807) is 0 Å². The lowest BCUT2D eigenvalue weighted by atomic mass is 9.86. The fourth-order valence-corrected chi connectivity index (χ4v) is 3.65. The average molecular weight is 354 g/mol. The van der Waals surface area contributed by atoms with E-state index in [4.69, 9.17) is 11.6 Å². The number of rotatable bonds is 6. The normalized spacial score (nSPS) is 16.9. The second-order valence-corrected chi connectivity index (χ2v) is 7.02. The molecule has 1 aliphatic rings. The first-order valence-electron chi connectivity index (χ1n) is 9.00. The fraction of sp³-hybridized carbons (Fsp3) is 0.318. The molecule has 2 aromatic rings. The number of unbranched alkanes of at least 4 members (excludes halogenated alkanes) is 3. The minimum Gasteiger partial charge on any atom is -0.301 e. The maximum atomic E-state index is 13.2. The van der Waals surface area contributed by atoms with Crippen LogP contribution in [-0.2, 0) is 0 Å². The first-order valence-corrected chi connectivity index (χ1v) is 9.38. The highest BCUT2D eigenvalue weighted by Crippen LogP contribution is 2.37. The van der Waals surface area contributed by atoms with Crippen LogP contribution in [0.3, 0.4) is 0 Å². The van der Waals surface area contributed by atoms with Gasteiger partial charge in [-0.15, -0.1) is 0 Å². The Bertz CT molecular complexity index is 766. The molecule has 0 saturated carbocycles. The molecule has 25 heavy (non-hydrogen) atoms. The molecular formula is C22H24ClNO. The number of amides is 1. The van der Waals surface area contributed by atoms with Gasteiger partial charge in [0, 0.05) is 16.3 Å². The van der Waals surface area contributed by atoms with Gasteiger partial charge in [-0.25, -0.2) is 0 Å². The second kappa shape index (κ2) is 7.88. The van der Waals surface area contributed by atoms with Gasteiger partial charge in [0.05, 0.1) is 6.04 Å². The van der Waals surface area contributed by atoms with E-state index in [-0.39, 0.29) is 11.9 Å². The molecule has 0 bridgehead atoms. The van der Waals surface area contributed by atoms with Crippen molar-refractivity contribution in [2.45, 2.75) is 45.1 Å². The van der Waals surface area contributed by atoms with E-state index in [0.717, 1.165) is 35.2 Å². The van der Waals surface area contributed by atoms with Crippen molar-refractivity contribution >= 4 is 28.8 Å². The quantitative estimate of drug-likeness (QED) is 0.554. The van der Waals surface area contributed by atoms with Crippen LogP contribution in [0.1, 0.15) is 54.9 Å². The van der Waals surface area contributed by atoms with E-state index >= 15 is 0 Å². The molecule has 3 heteroatoms. The summed E-state index contributed by atoms with van der Waals surface area (Å²) in [6.45, 7) is 6.55. The van der Waals surface area contributed by atoms with Crippen LogP contribution < -0.4 is 4.90 Å². The van der Waals surface area contributed by atoms with Gasteiger partial charge in [0.15, 0.2) is 0 Å². The van der Waals surface area contributed by atoms with Gasteiger partial charge in [-0.3, -0.25) is 4.79 Å². The van der Waals surface area contributed by atoms with Crippen LogP contribution in [0.25, 0.3) is 5.57 Å². The van der Waals surface area contributed by atoms with Crippen molar-refractivity contribution < 1.29 is 4.79 Å². The van der Waals surface area contributed by atoms with Crippen molar-refractivity contribution in [3.05, 3.63) is 71.3 Å². The molecule has 2 aromatic carbocycles. The minimum atomic E-state index is 0.000400. The van der Waals surface area contributed by atoms with Crippen molar-refractivity contribution in [1.29, 1.82) is 0 Å². The molecule has 2 nitrogen and oxygen atoms in total. The number of benzene rings is 2. The van der Waals surface area contributed by atoms with E-state index in [1.807, 2.05) is 53.4 Å². The molecule has 1 heterocycles. The second-order valence-electron chi connectivity index (χ2n) is 6.59. The van der Waals surface area contributed by atoms with Crippen molar-refractivity contribution in [3.8, 4) is 0 Å². The Kier molecular flexibility index (Phi) is 5.60. The Morgan fingerprint density at radius 3 is 2.36 bits per heavy atom. The number of carbonyl (C=O) groups excluding carboxylic acids is 1. The fourth-order valence-electron chi connectivity index (χ4n) is 3.52. The highest BCUT2D eigenvalue weighted by Gasteiger charge is 2.35. The van der Waals surface area contributed by atoms with E-state index in [9.17, 15) is 4.79 Å². The summed E-state index contributed by atoms with van der Waals surface area (Å²) in [6, 6.07) is 15.3. The summed E-state index contributed by atoms with van der Waals surface area (Å²) in [7, 11) is 0. The largest absolute Gasteiger partial charge is 0.301 e. The van der Waals surface area contributed by atoms with Crippen LogP contribution in [0.15, 0.2) is 55.1 Å². The smallest absolute Gasteiger partial charge is 0.259 e. The summed E-state index contributed by atoms with van der Waals surface area (Å²) in [6.07, 6.45) is 5.64. The van der Waals surface area contributed by atoms with Crippen LogP contribution in [0.5, 0.6) is 0 Å². The van der Waals surface area contributed by atoms with Crippen molar-refractivity contribution in [3.63, 3.8) is 0 Å². The van der Waals surface area contributed by atoms with Crippen LogP contribution >= 0.6 is 11.6 Å². The summed E-state index contributed by atoms with van der Waals surface area (Å²) in [4.78, 5) is 15.1. The number of carbonyl (C=O) groups is 1. The molecule has 0 aromatic heterocycles. The molecule has 0 aliphatic carbocycles. The van der Waals surface area contributed by atoms with Gasteiger partial charge in [0.25, 0.3) is 5.91 Å². The molecule has 3 rings (SSSR count). The van der Waals surface area contributed by atoms with E-state index in [1.165, 1.54) is 19.3 Å². The van der Waals surface area contributed by atoms with Crippen LogP contribution in [0.2, 0.25) is 5.02 Å². The highest BCUT2D eigenvalue weighted by atomic mass is 35.5. The zero-order valence-electron chi connectivity index (χ0n) is 14.7. The topological polar surface area (TPSA) is 20.3 Å². The van der Waals surface area contributed by atoms with E-state index < -0.39 is 0 Å². The third kappa shape index (κ3) is 3.64. The number of nitrogens with zero attached hydrogens (tertiary/aromatic N) is 1. The molecule has 0 fully saturated rings. The SMILES string of the molecule is C=C1c2ccccc2C(=O)N(c2ccc(Cl)cc2)C1CCCCCC. The number of hydrogen-bond acceptors (Lipinski definition) is 1. The zero-order valence-corrected chi connectivity index (χ0v) is 15.4. The highest BCUT2D eigenvalue weighted by molar-refractivity contribution is 6.30. The molecule has 1 atom stereocenters. The van der Waals surface area contributed by atoms with Gasteiger partial charge in [0.2, 0.25) is 0 Å². The molecule has 0 radical (unpaired) electrons. The third-order valence-corrected chi connectivity index (χ3v) is 5.12. The van der Waals surface area contributed by atoms with Crippen LogP contribution in [0.4, 0.5) is 5.69 Å². The lowest BCUT2D eigenvalue weighted by Gasteiger charge is -2.38. The van der Waals surface area contributed by atoms with Gasteiger partial charge in [-0.05, 0) is 47.9 Å². The lowest BCUT2D eigenvalue weighted by Crippen LogP contribution is -2.45. The number of hydrogen-bond donors (Lipinski definition) is 0. The third-order valence-electron chi connectivity index (χ3n) is 4.87. The first-order chi connectivity index (χ1) is 12.1. The molecule has 1 amide bonds. The van der Waals surface area contributed by atoms with Crippen molar-refractivity contribution in [2.75, 3.05) is 4.90 Å². The number of fused-ring (bicyclic) bond motifs is 1. The van der Waals surface area contributed by atoms with E-state index in [0.29, 0.717) is 5.02 Å². The Labute approximate surface area is 155 Å². The summed E-state index contributed by atoms with van der Waals surface area (Å²) in [5, 5.41) is 0.673. The molecule has 1 unspecified atom stereocenters. The van der Waals surface area contributed by atoms with Crippen molar-refractivity contribution in [2.24, 2.45) is 0 Å². The Morgan fingerprint density at radius 1 is 1.00 bits per heavy atom. The summed E-state index contributed by atoms with van der Waals surface area (Å²) < 4.78 is 0. The molecule has 0 spiro atoms. The number of halogens is 1. The molecular weight excluding hydrogens is 330 g/mol. The summed E-state index contributed by atoms with van der Waals surface area (Å²) in [5.74, 6) is 0.0470. The number of anilines is 1. The van der Waals surface area contributed by atoms with Gasteiger partial charge in [-0.2, -0.15) is 0 Å². The maximum absolute atomic E-state index is 13.2. The predicted octanol–water partition coefficient (Wildman–Crippen LogP) is 6.35. The zero-order chi connectivity index (χ0) is 17.8. The Morgan fingerprint density at radius 2 is 1.68 bits per heavy atom. The monoisotopic (exact) mass is 353 g/mol. The maximum Gasteiger partial charge on any atom is 0.259 e. The molecule has 0 saturated heterocycles. The summed E-state index contributed by atoms with van der Waals surface area (Å²) >= 11 is 6.03.